The van der Waals surface area contributed by atoms with Gasteiger partial charge >= 0.3 is 0 Å². The highest BCUT2D eigenvalue weighted by Crippen LogP contribution is 2.26. The zero-order valence-electron chi connectivity index (χ0n) is 13.4. The van der Waals surface area contributed by atoms with Crippen LogP contribution in [0.3, 0.4) is 0 Å². The molecule has 1 fully saturated rings. The van der Waals surface area contributed by atoms with Crippen molar-refractivity contribution in [2.75, 3.05) is 25.9 Å². The van der Waals surface area contributed by atoms with Gasteiger partial charge in [-0.1, -0.05) is 42.8 Å². The molecule has 0 radical (unpaired) electrons. The van der Waals surface area contributed by atoms with Crippen LogP contribution in [0.4, 0.5) is 0 Å². The molecule has 0 aliphatic carbocycles. The predicted molar refractivity (Wildman–Crippen MR) is 92.9 cm³/mol. The van der Waals surface area contributed by atoms with E-state index in [1.165, 1.54) is 19.3 Å². The molecule has 0 bridgehead atoms. The summed E-state index contributed by atoms with van der Waals surface area (Å²) in [6, 6.07) is 14.1. The van der Waals surface area contributed by atoms with Gasteiger partial charge in [-0.3, -0.25) is 4.18 Å². The lowest BCUT2D eigenvalue weighted by atomic mass is 10.0. The van der Waals surface area contributed by atoms with Crippen LogP contribution in [-0.4, -0.2) is 39.2 Å². The van der Waals surface area contributed by atoms with Gasteiger partial charge in [0.25, 0.3) is 10.1 Å². The van der Waals surface area contributed by atoms with E-state index in [-0.39, 0.29) is 0 Å². The molecule has 5 heteroatoms. The SMILES string of the molecule is CS(=O)(=O)O[C@@H](CN1CCCCC1)c1ccc2ccccc2c1. The van der Waals surface area contributed by atoms with Crippen LogP contribution in [-0.2, 0) is 14.3 Å². The first-order valence-corrected chi connectivity index (χ1v) is 9.92. The Hall–Kier alpha value is -1.43. The Morgan fingerprint density at radius 2 is 1.74 bits per heavy atom. The molecule has 23 heavy (non-hydrogen) atoms. The zero-order valence-corrected chi connectivity index (χ0v) is 14.3. The lowest BCUT2D eigenvalue weighted by Gasteiger charge is -2.30. The highest BCUT2D eigenvalue weighted by atomic mass is 32.2. The van der Waals surface area contributed by atoms with Crippen LogP contribution in [0.25, 0.3) is 10.8 Å². The molecule has 1 aliphatic rings. The van der Waals surface area contributed by atoms with E-state index in [0.29, 0.717) is 6.54 Å². The molecular weight excluding hydrogens is 310 g/mol. The lowest BCUT2D eigenvalue weighted by Crippen LogP contribution is -2.34. The first-order chi connectivity index (χ1) is 11.0. The lowest BCUT2D eigenvalue weighted by molar-refractivity contribution is 0.125. The van der Waals surface area contributed by atoms with Crippen LogP contribution in [0.1, 0.15) is 30.9 Å². The van der Waals surface area contributed by atoms with Gasteiger partial charge in [-0.25, -0.2) is 0 Å². The monoisotopic (exact) mass is 333 g/mol. The fraction of sp³-hybridized carbons (Fsp3) is 0.444. The van der Waals surface area contributed by atoms with Crippen molar-refractivity contribution < 1.29 is 12.6 Å². The van der Waals surface area contributed by atoms with Crippen molar-refractivity contribution in [2.24, 2.45) is 0 Å². The second-order valence-corrected chi connectivity index (χ2v) is 7.86. The molecule has 4 nitrogen and oxygen atoms in total. The average molecular weight is 333 g/mol. The van der Waals surface area contributed by atoms with E-state index < -0.39 is 16.2 Å². The van der Waals surface area contributed by atoms with Crippen molar-refractivity contribution >= 4 is 20.9 Å². The number of hydrogen-bond donors (Lipinski definition) is 0. The van der Waals surface area contributed by atoms with Gasteiger partial charge in [-0.05, 0) is 48.3 Å². The minimum absolute atomic E-state index is 0.451. The Bertz CT molecular complexity index is 767. The molecule has 124 valence electrons. The van der Waals surface area contributed by atoms with Gasteiger partial charge in [0, 0.05) is 6.54 Å². The van der Waals surface area contributed by atoms with Gasteiger partial charge in [-0.2, -0.15) is 8.42 Å². The van der Waals surface area contributed by atoms with E-state index in [4.69, 9.17) is 4.18 Å². The number of rotatable bonds is 5. The van der Waals surface area contributed by atoms with E-state index in [1.54, 1.807) is 0 Å². The van der Waals surface area contributed by atoms with Crippen molar-refractivity contribution in [2.45, 2.75) is 25.4 Å². The van der Waals surface area contributed by atoms with Gasteiger partial charge in [0.1, 0.15) is 6.10 Å². The first-order valence-electron chi connectivity index (χ1n) is 8.10. The van der Waals surface area contributed by atoms with Crippen molar-refractivity contribution in [3.8, 4) is 0 Å². The average Bonchev–Trinajstić information content (AvgIpc) is 2.53. The fourth-order valence-electron chi connectivity index (χ4n) is 3.19. The highest BCUT2D eigenvalue weighted by molar-refractivity contribution is 7.86. The second kappa shape index (κ2) is 6.99. The highest BCUT2D eigenvalue weighted by Gasteiger charge is 2.22. The Morgan fingerprint density at radius 1 is 1.04 bits per heavy atom. The van der Waals surface area contributed by atoms with E-state index in [0.717, 1.165) is 35.7 Å². The molecule has 1 saturated heterocycles. The van der Waals surface area contributed by atoms with E-state index >= 15 is 0 Å². The molecule has 1 heterocycles. The summed E-state index contributed by atoms with van der Waals surface area (Å²) in [5.74, 6) is 0. The number of fused-ring (bicyclic) bond motifs is 1. The third-order valence-electron chi connectivity index (χ3n) is 4.31. The molecule has 0 spiro atoms. The standard InChI is InChI=1S/C18H23NO3S/c1-23(20,21)22-18(14-19-11-5-2-6-12-19)17-10-9-15-7-3-4-8-16(15)13-17/h3-4,7-10,13,18H,2,5-6,11-12,14H2,1H3/t18-/m0/s1. The fourth-order valence-corrected chi connectivity index (χ4v) is 3.78. The second-order valence-electron chi connectivity index (χ2n) is 6.26. The molecule has 1 atom stereocenters. The third-order valence-corrected chi connectivity index (χ3v) is 4.89. The molecule has 2 aromatic rings. The molecule has 0 saturated carbocycles. The maximum absolute atomic E-state index is 11.7. The van der Waals surface area contributed by atoms with Crippen LogP contribution in [0.15, 0.2) is 42.5 Å². The molecule has 2 aromatic carbocycles. The maximum Gasteiger partial charge on any atom is 0.265 e. The Labute approximate surface area is 138 Å². The Morgan fingerprint density at radius 3 is 2.43 bits per heavy atom. The van der Waals surface area contributed by atoms with Crippen LogP contribution in [0.2, 0.25) is 0 Å². The Kier molecular flexibility index (Phi) is 4.99. The third kappa shape index (κ3) is 4.53. The quantitative estimate of drug-likeness (QED) is 0.787. The summed E-state index contributed by atoms with van der Waals surface area (Å²) in [7, 11) is -3.50. The summed E-state index contributed by atoms with van der Waals surface area (Å²) in [4.78, 5) is 2.30. The van der Waals surface area contributed by atoms with Crippen molar-refractivity contribution in [1.29, 1.82) is 0 Å². The minimum Gasteiger partial charge on any atom is -0.300 e. The molecule has 3 rings (SSSR count). The number of piperidine rings is 1. The summed E-state index contributed by atoms with van der Waals surface area (Å²) in [5, 5.41) is 2.25. The van der Waals surface area contributed by atoms with Crippen LogP contribution in [0.5, 0.6) is 0 Å². The summed E-state index contributed by atoms with van der Waals surface area (Å²) in [6.07, 6.45) is 4.27. The molecule has 0 N–H and O–H groups in total. The number of benzene rings is 2. The van der Waals surface area contributed by atoms with Gasteiger partial charge in [0.05, 0.1) is 6.26 Å². The molecular formula is C18H23NO3S. The normalized spacial score (nSPS) is 18.1. The van der Waals surface area contributed by atoms with Gasteiger partial charge < -0.3 is 4.90 Å². The predicted octanol–water partition coefficient (Wildman–Crippen LogP) is 3.34. The molecule has 0 amide bonds. The summed E-state index contributed by atoms with van der Waals surface area (Å²) in [5.41, 5.74) is 0.916. The minimum atomic E-state index is -3.50. The van der Waals surface area contributed by atoms with Gasteiger partial charge in [-0.15, -0.1) is 0 Å². The summed E-state index contributed by atoms with van der Waals surface area (Å²) < 4.78 is 28.8. The first kappa shape index (κ1) is 16.4. The summed E-state index contributed by atoms with van der Waals surface area (Å²) >= 11 is 0. The van der Waals surface area contributed by atoms with Crippen LogP contribution in [0, 0.1) is 0 Å². The van der Waals surface area contributed by atoms with Gasteiger partial charge in [0.2, 0.25) is 0 Å². The summed E-state index contributed by atoms with van der Waals surface area (Å²) in [6.45, 7) is 2.64. The van der Waals surface area contributed by atoms with Gasteiger partial charge in [0.15, 0.2) is 0 Å². The van der Waals surface area contributed by atoms with Crippen molar-refractivity contribution in [1.82, 2.24) is 4.90 Å². The Balaban J connectivity index is 1.88. The van der Waals surface area contributed by atoms with Crippen molar-refractivity contribution in [3.05, 3.63) is 48.0 Å². The van der Waals surface area contributed by atoms with Crippen LogP contribution >= 0.6 is 0 Å². The molecule has 0 unspecified atom stereocenters. The number of nitrogens with zero attached hydrogens (tertiary/aromatic N) is 1. The molecule has 0 aromatic heterocycles. The zero-order chi connectivity index (χ0) is 16.3. The van der Waals surface area contributed by atoms with Crippen LogP contribution < -0.4 is 0 Å². The number of hydrogen-bond acceptors (Lipinski definition) is 4. The van der Waals surface area contributed by atoms with E-state index in [9.17, 15) is 8.42 Å². The molecule has 1 aliphatic heterocycles. The van der Waals surface area contributed by atoms with E-state index in [2.05, 4.69) is 11.0 Å². The smallest absolute Gasteiger partial charge is 0.265 e. The number of likely N-dealkylation sites (tertiary alicyclic amines) is 1. The van der Waals surface area contributed by atoms with E-state index in [1.807, 2.05) is 36.4 Å². The van der Waals surface area contributed by atoms with Crippen molar-refractivity contribution in [3.63, 3.8) is 0 Å². The maximum atomic E-state index is 11.7. The topological polar surface area (TPSA) is 46.6 Å². The largest absolute Gasteiger partial charge is 0.300 e.